The van der Waals surface area contributed by atoms with E-state index in [0.29, 0.717) is 5.69 Å². The summed E-state index contributed by atoms with van der Waals surface area (Å²) in [5, 5.41) is 4.80. The molecular weight excluding hydrogens is 354 g/mol. The maximum absolute atomic E-state index is 11.9. The van der Waals surface area contributed by atoms with Crippen molar-refractivity contribution in [2.45, 2.75) is 6.92 Å². The number of fused-ring (bicyclic) bond motifs is 1. The molecule has 0 atom stereocenters. The van der Waals surface area contributed by atoms with Crippen molar-refractivity contribution in [2.75, 3.05) is 19.0 Å². The number of amides is 1. The molecule has 1 amide bonds. The van der Waals surface area contributed by atoms with Crippen molar-refractivity contribution < 1.29 is 19.1 Å². The first-order chi connectivity index (χ1) is 13.5. The predicted octanol–water partition coefficient (Wildman–Crippen LogP) is 4.35. The number of anilines is 1. The topological polar surface area (TPSA) is 64.6 Å². The highest BCUT2D eigenvalue weighted by molar-refractivity contribution is 5.95. The SMILES string of the molecule is COc1ccc2cc(/C=C/C(=O)OCC(=O)Nc3ccccc3C)ccc2c1. The standard InChI is InChI=1S/C23H21NO4/c1-16-5-3-4-6-21(16)24-22(25)15-28-23(26)12-8-17-7-9-19-14-20(27-2)11-10-18(19)13-17/h3-14H,15H2,1-2H3,(H,24,25)/b12-8+. The molecule has 3 aromatic carbocycles. The van der Waals surface area contributed by atoms with Crippen LogP contribution in [-0.4, -0.2) is 25.6 Å². The minimum Gasteiger partial charge on any atom is -0.497 e. The van der Waals surface area contributed by atoms with Crippen LogP contribution in [0.25, 0.3) is 16.8 Å². The Labute approximate surface area is 163 Å². The van der Waals surface area contributed by atoms with E-state index in [4.69, 9.17) is 9.47 Å². The first-order valence-electron chi connectivity index (χ1n) is 8.83. The summed E-state index contributed by atoms with van der Waals surface area (Å²) in [5.41, 5.74) is 2.50. The van der Waals surface area contributed by atoms with E-state index in [1.807, 2.05) is 61.5 Å². The third kappa shape index (κ3) is 4.98. The van der Waals surface area contributed by atoms with Gasteiger partial charge in [0.05, 0.1) is 7.11 Å². The number of aryl methyl sites for hydroxylation is 1. The fourth-order valence-electron chi connectivity index (χ4n) is 2.72. The number of carbonyl (C=O) groups excluding carboxylic acids is 2. The maximum Gasteiger partial charge on any atom is 0.331 e. The number of para-hydroxylation sites is 1. The Morgan fingerprint density at radius 2 is 1.75 bits per heavy atom. The second-order valence-corrected chi connectivity index (χ2v) is 6.28. The number of hydrogen-bond donors (Lipinski definition) is 1. The van der Waals surface area contributed by atoms with Gasteiger partial charge in [0.1, 0.15) is 5.75 Å². The fourth-order valence-corrected chi connectivity index (χ4v) is 2.72. The van der Waals surface area contributed by atoms with Crippen LogP contribution >= 0.6 is 0 Å². The molecule has 0 unspecified atom stereocenters. The van der Waals surface area contributed by atoms with Gasteiger partial charge in [0.25, 0.3) is 5.91 Å². The average Bonchev–Trinajstić information content (AvgIpc) is 2.72. The van der Waals surface area contributed by atoms with Crippen LogP contribution in [0.3, 0.4) is 0 Å². The van der Waals surface area contributed by atoms with Crippen molar-refractivity contribution in [3.8, 4) is 5.75 Å². The monoisotopic (exact) mass is 375 g/mol. The van der Waals surface area contributed by atoms with Gasteiger partial charge in [-0.05, 0) is 59.2 Å². The summed E-state index contributed by atoms with van der Waals surface area (Å²) in [6.07, 6.45) is 2.97. The molecule has 0 heterocycles. The van der Waals surface area contributed by atoms with Crippen LogP contribution in [-0.2, 0) is 14.3 Å². The van der Waals surface area contributed by atoms with Gasteiger partial charge in [-0.2, -0.15) is 0 Å². The Kier molecular flexibility index (Phi) is 6.07. The second-order valence-electron chi connectivity index (χ2n) is 6.28. The molecule has 142 valence electrons. The van der Waals surface area contributed by atoms with Crippen molar-refractivity contribution in [1.82, 2.24) is 0 Å². The Bertz CT molecular complexity index is 1040. The predicted molar refractivity (Wildman–Crippen MR) is 110 cm³/mol. The van der Waals surface area contributed by atoms with Crippen LogP contribution in [0.4, 0.5) is 5.69 Å². The average molecular weight is 375 g/mol. The molecule has 0 bridgehead atoms. The number of hydrogen-bond acceptors (Lipinski definition) is 4. The summed E-state index contributed by atoms with van der Waals surface area (Å²) in [7, 11) is 1.63. The number of ether oxygens (including phenoxy) is 2. The number of esters is 1. The summed E-state index contributed by atoms with van der Waals surface area (Å²) < 4.78 is 10.2. The van der Waals surface area contributed by atoms with Gasteiger partial charge < -0.3 is 14.8 Å². The minimum absolute atomic E-state index is 0.338. The third-order valence-corrected chi connectivity index (χ3v) is 4.25. The van der Waals surface area contributed by atoms with Gasteiger partial charge in [-0.15, -0.1) is 0 Å². The lowest BCUT2D eigenvalue weighted by atomic mass is 10.1. The van der Waals surface area contributed by atoms with E-state index in [2.05, 4.69) is 5.32 Å². The number of methoxy groups -OCH3 is 1. The number of rotatable bonds is 6. The Balaban J connectivity index is 1.55. The van der Waals surface area contributed by atoms with Crippen LogP contribution in [0.15, 0.2) is 66.7 Å². The van der Waals surface area contributed by atoms with E-state index in [9.17, 15) is 9.59 Å². The Morgan fingerprint density at radius 3 is 2.54 bits per heavy atom. The number of nitrogens with one attached hydrogen (secondary N) is 1. The molecule has 28 heavy (non-hydrogen) atoms. The molecular formula is C23H21NO4. The summed E-state index contributed by atoms with van der Waals surface area (Å²) in [4.78, 5) is 23.8. The van der Waals surface area contributed by atoms with Crippen LogP contribution in [0.1, 0.15) is 11.1 Å². The molecule has 0 aliphatic heterocycles. The van der Waals surface area contributed by atoms with Gasteiger partial charge in [0.15, 0.2) is 6.61 Å². The molecule has 1 N–H and O–H groups in total. The first-order valence-corrected chi connectivity index (χ1v) is 8.83. The minimum atomic E-state index is -0.574. The molecule has 0 radical (unpaired) electrons. The molecule has 3 aromatic rings. The zero-order valence-corrected chi connectivity index (χ0v) is 15.8. The lowest BCUT2D eigenvalue weighted by Gasteiger charge is -2.07. The van der Waals surface area contributed by atoms with E-state index in [-0.39, 0.29) is 12.5 Å². The summed E-state index contributed by atoms with van der Waals surface area (Å²) in [6, 6.07) is 19.0. The van der Waals surface area contributed by atoms with Gasteiger partial charge in [-0.25, -0.2) is 4.79 Å². The molecule has 0 spiro atoms. The molecule has 0 fully saturated rings. The molecule has 3 rings (SSSR count). The zero-order valence-electron chi connectivity index (χ0n) is 15.8. The lowest BCUT2D eigenvalue weighted by Crippen LogP contribution is -2.20. The highest BCUT2D eigenvalue weighted by Gasteiger charge is 2.07. The molecule has 5 nitrogen and oxygen atoms in total. The van der Waals surface area contributed by atoms with Crippen LogP contribution in [0, 0.1) is 6.92 Å². The van der Waals surface area contributed by atoms with Crippen LogP contribution < -0.4 is 10.1 Å². The third-order valence-electron chi connectivity index (χ3n) is 4.25. The van der Waals surface area contributed by atoms with Gasteiger partial charge in [0, 0.05) is 11.8 Å². The Morgan fingerprint density at radius 1 is 1.00 bits per heavy atom. The quantitative estimate of drug-likeness (QED) is 0.514. The summed E-state index contributed by atoms with van der Waals surface area (Å²) in [5.74, 6) is -0.159. The zero-order chi connectivity index (χ0) is 19.9. The largest absolute Gasteiger partial charge is 0.497 e. The van der Waals surface area contributed by atoms with Crippen molar-refractivity contribution in [3.63, 3.8) is 0 Å². The smallest absolute Gasteiger partial charge is 0.331 e. The molecule has 0 saturated heterocycles. The highest BCUT2D eigenvalue weighted by atomic mass is 16.5. The van der Waals surface area contributed by atoms with Gasteiger partial charge in [-0.1, -0.05) is 36.4 Å². The van der Waals surface area contributed by atoms with Gasteiger partial charge >= 0.3 is 5.97 Å². The van der Waals surface area contributed by atoms with Crippen molar-refractivity contribution >= 4 is 34.4 Å². The Hall–Kier alpha value is -3.60. The van der Waals surface area contributed by atoms with Gasteiger partial charge in [-0.3, -0.25) is 4.79 Å². The normalized spacial score (nSPS) is 10.8. The van der Waals surface area contributed by atoms with E-state index >= 15 is 0 Å². The van der Waals surface area contributed by atoms with Crippen molar-refractivity contribution in [3.05, 3.63) is 77.9 Å². The maximum atomic E-state index is 11.9. The van der Waals surface area contributed by atoms with Gasteiger partial charge in [0.2, 0.25) is 0 Å². The molecule has 0 aliphatic carbocycles. The fraction of sp³-hybridized carbons (Fsp3) is 0.130. The first kappa shape index (κ1) is 19.2. The highest BCUT2D eigenvalue weighted by Crippen LogP contribution is 2.22. The van der Waals surface area contributed by atoms with Crippen molar-refractivity contribution in [2.24, 2.45) is 0 Å². The summed E-state index contributed by atoms with van der Waals surface area (Å²) in [6.45, 7) is 1.55. The van der Waals surface area contributed by atoms with E-state index < -0.39 is 5.97 Å². The number of carbonyl (C=O) groups is 2. The summed E-state index contributed by atoms with van der Waals surface area (Å²) >= 11 is 0. The molecule has 0 aromatic heterocycles. The van der Waals surface area contributed by atoms with E-state index in [1.54, 1.807) is 19.3 Å². The van der Waals surface area contributed by atoms with Crippen LogP contribution in [0.5, 0.6) is 5.75 Å². The lowest BCUT2D eigenvalue weighted by molar-refractivity contribution is -0.142. The molecule has 0 saturated carbocycles. The molecule has 0 aliphatic rings. The van der Waals surface area contributed by atoms with Crippen molar-refractivity contribution in [1.29, 1.82) is 0 Å². The van der Waals surface area contributed by atoms with Crippen LogP contribution in [0.2, 0.25) is 0 Å². The second kappa shape index (κ2) is 8.86. The molecule has 5 heteroatoms. The van der Waals surface area contributed by atoms with E-state index in [0.717, 1.165) is 27.6 Å². The van der Waals surface area contributed by atoms with E-state index in [1.165, 1.54) is 6.08 Å². The number of benzene rings is 3.